The van der Waals surface area contributed by atoms with Crippen molar-refractivity contribution in [1.29, 1.82) is 0 Å². The average molecular weight is 400 g/mol. The first kappa shape index (κ1) is 17.9. The lowest BCUT2D eigenvalue weighted by molar-refractivity contribution is -0.116. The molecule has 0 aliphatic heterocycles. The number of hydrogen-bond donors (Lipinski definition) is 5. The van der Waals surface area contributed by atoms with Gasteiger partial charge in [-0.2, -0.15) is 0 Å². The van der Waals surface area contributed by atoms with E-state index in [1.165, 1.54) is 0 Å². The Balaban J connectivity index is 1.76. The topological polar surface area (TPSA) is 118 Å². The lowest BCUT2D eigenvalue weighted by atomic mass is 9.72. The minimum Gasteiger partial charge on any atom is -0.510 e. The molecule has 4 aromatic rings. The fourth-order valence-electron chi connectivity index (χ4n) is 4.25. The van der Waals surface area contributed by atoms with Crippen LogP contribution >= 0.6 is 0 Å². The number of ketones is 1. The second-order valence-electron chi connectivity index (χ2n) is 7.27. The number of aliphatic hydroxyl groups excluding tert-OH is 1. The summed E-state index contributed by atoms with van der Waals surface area (Å²) in [7, 11) is 0. The Hall–Kier alpha value is -4.19. The number of rotatable bonds is 2. The number of phenolic OH excluding ortho intramolecular Hbond substituents is 4. The fourth-order valence-corrected chi connectivity index (χ4v) is 4.25. The summed E-state index contributed by atoms with van der Waals surface area (Å²) in [4.78, 5) is 13.2. The number of allylic oxidation sites excluding steroid dienone is 2. The Labute approximate surface area is 170 Å². The van der Waals surface area contributed by atoms with Gasteiger partial charge in [0.25, 0.3) is 0 Å². The van der Waals surface area contributed by atoms with Gasteiger partial charge in [0.15, 0.2) is 5.78 Å². The minimum absolute atomic E-state index is 0.0646. The van der Waals surface area contributed by atoms with E-state index >= 15 is 0 Å². The molecule has 1 aliphatic carbocycles. The number of carbonyl (C=O) groups is 1. The molecule has 0 aromatic heterocycles. The smallest absolute Gasteiger partial charge is 0.182 e. The Morgan fingerprint density at radius 2 is 1.10 bits per heavy atom. The molecule has 5 rings (SSSR count). The summed E-state index contributed by atoms with van der Waals surface area (Å²) in [5, 5.41) is 53.7. The molecule has 0 heterocycles. The van der Waals surface area contributed by atoms with Gasteiger partial charge in [-0.3, -0.25) is 4.79 Å². The fraction of sp³-hybridized carbons (Fsp3) is 0.0417. The zero-order valence-corrected chi connectivity index (χ0v) is 15.5. The highest BCUT2D eigenvalue weighted by Crippen LogP contribution is 2.52. The first-order chi connectivity index (χ1) is 14.4. The third-order valence-electron chi connectivity index (χ3n) is 5.62. The highest BCUT2D eigenvalue weighted by molar-refractivity contribution is 6.35. The molecule has 0 saturated heterocycles. The summed E-state index contributed by atoms with van der Waals surface area (Å²) >= 11 is 0. The van der Waals surface area contributed by atoms with Crippen molar-refractivity contribution in [2.45, 2.75) is 5.92 Å². The van der Waals surface area contributed by atoms with Crippen LogP contribution in [0.25, 0.3) is 27.1 Å². The van der Waals surface area contributed by atoms with Crippen molar-refractivity contribution in [2.75, 3.05) is 0 Å². The van der Waals surface area contributed by atoms with Crippen LogP contribution in [0.1, 0.15) is 17.0 Å². The molecule has 148 valence electrons. The number of Topliss-reactive ketones (excluding diaryl/α,β-unsaturated/α-hetero) is 1. The Morgan fingerprint density at radius 3 is 1.70 bits per heavy atom. The summed E-state index contributed by atoms with van der Waals surface area (Å²) in [6.07, 6.45) is 0. The molecule has 6 heteroatoms. The Morgan fingerprint density at radius 1 is 0.600 bits per heavy atom. The summed E-state index contributed by atoms with van der Waals surface area (Å²) in [5.74, 6) is -2.82. The number of carbonyl (C=O) groups excluding carboxylic acids is 1. The molecule has 5 N–H and O–H groups in total. The number of hydrogen-bond acceptors (Lipinski definition) is 6. The molecule has 30 heavy (non-hydrogen) atoms. The van der Waals surface area contributed by atoms with E-state index in [1.807, 2.05) is 0 Å². The number of aliphatic hydroxyl groups is 1. The van der Waals surface area contributed by atoms with E-state index < -0.39 is 11.7 Å². The molecule has 1 unspecified atom stereocenters. The van der Waals surface area contributed by atoms with Crippen molar-refractivity contribution < 1.29 is 30.3 Å². The van der Waals surface area contributed by atoms with Crippen LogP contribution in [-0.2, 0) is 4.79 Å². The van der Waals surface area contributed by atoms with E-state index in [0.29, 0.717) is 21.5 Å². The van der Waals surface area contributed by atoms with Crippen LogP contribution in [0.4, 0.5) is 0 Å². The van der Waals surface area contributed by atoms with E-state index in [4.69, 9.17) is 0 Å². The van der Waals surface area contributed by atoms with E-state index in [0.717, 1.165) is 12.1 Å². The van der Waals surface area contributed by atoms with Crippen LogP contribution < -0.4 is 0 Å². The molecule has 4 aromatic carbocycles. The third-order valence-corrected chi connectivity index (χ3v) is 5.62. The predicted molar refractivity (Wildman–Crippen MR) is 112 cm³/mol. The van der Waals surface area contributed by atoms with Gasteiger partial charge in [0.1, 0.15) is 34.7 Å². The van der Waals surface area contributed by atoms with Gasteiger partial charge in [-0.25, -0.2) is 0 Å². The van der Waals surface area contributed by atoms with E-state index in [9.17, 15) is 30.3 Å². The quantitative estimate of drug-likeness (QED) is 0.339. The van der Waals surface area contributed by atoms with Crippen LogP contribution in [-0.4, -0.2) is 31.3 Å². The van der Waals surface area contributed by atoms with Crippen LogP contribution in [0, 0.1) is 0 Å². The number of benzene rings is 4. The van der Waals surface area contributed by atoms with Crippen molar-refractivity contribution in [2.24, 2.45) is 0 Å². The number of aromatic hydroxyl groups is 4. The van der Waals surface area contributed by atoms with Crippen LogP contribution in [0.5, 0.6) is 23.0 Å². The molecule has 0 saturated carbocycles. The summed E-state index contributed by atoms with van der Waals surface area (Å²) < 4.78 is 0. The summed E-state index contributed by atoms with van der Waals surface area (Å²) in [6.45, 7) is 0. The van der Waals surface area contributed by atoms with Gasteiger partial charge in [0.2, 0.25) is 0 Å². The second kappa shape index (κ2) is 6.15. The lowest BCUT2D eigenvalue weighted by Crippen LogP contribution is -2.29. The highest BCUT2D eigenvalue weighted by atomic mass is 16.3. The SMILES string of the molecule is O=C1C(c2c(O)cc(O)c3ccccc23)=C(O)C1c1c(O)cc(O)c2ccccc12. The van der Waals surface area contributed by atoms with Gasteiger partial charge in [-0.1, -0.05) is 48.5 Å². The Kier molecular flexibility index (Phi) is 3.67. The maximum absolute atomic E-state index is 13.2. The van der Waals surface area contributed by atoms with Gasteiger partial charge >= 0.3 is 0 Å². The minimum atomic E-state index is -1.13. The molecule has 6 nitrogen and oxygen atoms in total. The monoisotopic (exact) mass is 400 g/mol. The Bertz CT molecular complexity index is 1420. The average Bonchev–Trinajstić information content (AvgIpc) is 2.74. The zero-order valence-electron chi connectivity index (χ0n) is 15.5. The first-order valence-electron chi connectivity index (χ1n) is 9.25. The molecule has 0 spiro atoms. The third kappa shape index (κ3) is 2.27. The molecule has 0 fully saturated rings. The molecule has 0 radical (unpaired) electrons. The van der Waals surface area contributed by atoms with Crippen LogP contribution in [0.3, 0.4) is 0 Å². The van der Waals surface area contributed by atoms with E-state index in [1.54, 1.807) is 48.5 Å². The lowest BCUT2D eigenvalue weighted by Gasteiger charge is -2.30. The highest BCUT2D eigenvalue weighted by Gasteiger charge is 2.45. The number of fused-ring (bicyclic) bond motifs is 2. The van der Waals surface area contributed by atoms with Crippen LogP contribution in [0.15, 0.2) is 66.4 Å². The van der Waals surface area contributed by atoms with Gasteiger partial charge < -0.3 is 25.5 Å². The predicted octanol–water partition coefficient (Wildman–Crippen LogP) is 4.45. The molecular formula is C24H16O6. The van der Waals surface area contributed by atoms with Crippen molar-refractivity contribution in [3.63, 3.8) is 0 Å². The first-order valence-corrected chi connectivity index (χ1v) is 9.25. The molecule has 1 aliphatic rings. The maximum atomic E-state index is 13.2. The largest absolute Gasteiger partial charge is 0.510 e. The van der Waals surface area contributed by atoms with Gasteiger partial charge in [0.05, 0.1) is 5.57 Å². The molecular weight excluding hydrogens is 384 g/mol. The standard InChI is InChI=1S/C24H16O6/c25-15-9-17(27)19(13-7-3-1-5-11(13)15)21-23(29)22(24(21)30)20-14-8-4-2-6-12(14)16(26)10-18(20)28/h1-10,21,25-29H. The second-order valence-corrected chi connectivity index (χ2v) is 7.27. The van der Waals surface area contributed by atoms with E-state index in [-0.39, 0.29) is 45.5 Å². The van der Waals surface area contributed by atoms with Crippen molar-refractivity contribution in [3.05, 3.63) is 77.5 Å². The van der Waals surface area contributed by atoms with Crippen molar-refractivity contribution >= 4 is 32.9 Å². The number of phenols is 4. The normalized spacial score (nSPS) is 16.3. The van der Waals surface area contributed by atoms with Crippen molar-refractivity contribution in [3.8, 4) is 23.0 Å². The van der Waals surface area contributed by atoms with Crippen molar-refractivity contribution in [1.82, 2.24) is 0 Å². The van der Waals surface area contributed by atoms with Gasteiger partial charge in [0, 0.05) is 34.0 Å². The van der Waals surface area contributed by atoms with Crippen LogP contribution in [0.2, 0.25) is 0 Å². The van der Waals surface area contributed by atoms with Gasteiger partial charge in [-0.05, 0) is 10.8 Å². The molecule has 0 amide bonds. The summed E-state index contributed by atoms with van der Waals surface area (Å²) in [5.41, 5.74) is 0.257. The van der Waals surface area contributed by atoms with Gasteiger partial charge in [-0.15, -0.1) is 0 Å². The molecule has 1 atom stereocenters. The zero-order chi connectivity index (χ0) is 21.2. The molecule has 0 bridgehead atoms. The summed E-state index contributed by atoms with van der Waals surface area (Å²) in [6, 6.07) is 15.7. The maximum Gasteiger partial charge on any atom is 0.182 e. The van der Waals surface area contributed by atoms with E-state index in [2.05, 4.69) is 0 Å².